The van der Waals surface area contributed by atoms with Gasteiger partial charge >= 0.3 is 0 Å². The molecule has 5 rings (SSSR count). The average Bonchev–Trinajstić information content (AvgIpc) is 3.24. The van der Waals surface area contributed by atoms with Gasteiger partial charge in [0.1, 0.15) is 5.75 Å². The molecule has 29 heavy (non-hydrogen) atoms. The predicted molar refractivity (Wildman–Crippen MR) is 114 cm³/mol. The Morgan fingerprint density at radius 2 is 1.76 bits per heavy atom. The van der Waals surface area contributed by atoms with Crippen LogP contribution in [0.4, 0.5) is 5.69 Å². The Hall–Kier alpha value is -3.09. The van der Waals surface area contributed by atoms with Crippen LogP contribution in [0, 0.1) is 0 Å². The number of aromatic nitrogens is 2. The summed E-state index contributed by atoms with van der Waals surface area (Å²) in [4.78, 5) is 4.69. The van der Waals surface area contributed by atoms with Gasteiger partial charge in [-0.3, -0.25) is 0 Å². The number of anilines is 1. The van der Waals surface area contributed by atoms with Crippen molar-refractivity contribution in [3.8, 4) is 11.4 Å². The fraction of sp³-hybridized carbons (Fsp3) is 0.261. The largest absolute Gasteiger partial charge is 0.460 e. The van der Waals surface area contributed by atoms with Gasteiger partial charge in [0.25, 0.3) is 0 Å². The lowest BCUT2D eigenvalue weighted by Gasteiger charge is -2.34. The van der Waals surface area contributed by atoms with Crippen LogP contribution in [0.2, 0.25) is 0 Å². The van der Waals surface area contributed by atoms with Gasteiger partial charge in [0.05, 0.1) is 11.4 Å². The number of benzene rings is 2. The molecule has 0 aliphatic carbocycles. The number of fused-ring (bicyclic) bond motifs is 1. The molecular weight excluding hydrogens is 364 g/mol. The Morgan fingerprint density at radius 3 is 2.55 bits per heavy atom. The summed E-state index contributed by atoms with van der Waals surface area (Å²) >= 11 is 0. The summed E-state index contributed by atoms with van der Waals surface area (Å²) in [5, 5.41) is 15.2. The van der Waals surface area contributed by atoms with Crippen LogP contribution in [0.3, 0.4) is 0 Å². The minimum Gasteiger partial charge on any atom is -0.460 e. The molecule has 6 nitrogen and oxygen atoms in total. The maximum Gasteiger partial charge on any atom is 0.226 e. The van der Waals surface area contributed by atoms with Crippen LogP contribution in [0.25, 0.3) is 17.3 Å². The van der Waals surface area contributed by atoms with Crippen LogP contribution in [-0.2, 0) is 0 Å². The van der Waals surface area contributed by atoms with E-state index >= 15 is 0 Å². The molecule has 3 aromatic rings. The van der Waals surface area contributed by atoms with Crippen molar-refractivity contribution in [2.75, 3.05) is 38.1 Å². The minimum absolute atomic E-state index is 0.666. The van der Waals surface area contributed by atoms with Gasteiger partial charge in [-0.15, -0.1) is 0 Å². The van der Waals surface area contributed by atoms with E-state index in [2.05, 4.69) is 34.1 Å². The third kappa shape index (κ3) is 3.52. The van der Waals surface area contributed by atoms with E-state index in [0.29, 0.717) is 17.0 Å². The molecule has 2 aromatic carbocycles. The molecule has 1 unspecified atom stereocenters. The van der Waals surface area contributed by atoms with E-state index in [4.69, 9.17) is 4.74 Å². The Labute approximate surface area is 170 Å². The van der Waals surface area contributed by atoms with Crippen LogP contribution < -0.4 is 9.64 Å². The number of aliphatic hydroxyl groups excluding tert-OH is 1. The van der Waals surface area contributed by atoms with Crippen molar-refractivity contribution < 1.29 is 9.84 Å². The number of aliphatic hydroxyl groups is 1. The van der Waals surface area contributed by atoms with E-state index < -0.39 is 6.29 Å². The number of hydrogen-bond acceptors (Lipinski definition) is 5. The van der Waals surface area contributed by atoms with Crippen LogP contribution in [0.1, 0.15) is 11.3 Å². The third-order valence-corrected chi connectivity index (χ3v) is 5.59. The van der Waals surface area contributed by atoms with Crippen molar-refractivity contribution in [2.24, 2.45) is 0 Å². The maximum absolute atomic E-state index is 10.6. The zero-order valence-electron chi connectivity index (χ0n) is 16.4. The van der Waals surface area contributed by atoms with E-state index in [1.807, 2.05) is 54.7 Å². The lowest BCUT2D eigenvalue weighted by Crippen LogP contribution is -2.44. The standard InChI is InChI=1S/C23H24N4O2/c1-25-11-13-26(14-12-25)19-8-7-17-15-20(23(28)29-22(17)16-19)21-9-10-27(24-21)18-5-3-2-4-6-18/h2-10,15-16,23,28H,11-14H2,1H3. The van der Waals surface area contributed by atoms with E-state index in [1.165, 1.54) is 0 Å². The lowest BCUT2D eigenvalue weighted by atomic mass is 10.0. The molecule has 1 aromatic heterocycles. The molecule has 0 spiro atoms. The molecule has 0 radical (unpaired) electrons. The molecule has 148 valence electrons. The maximum atomic E-state index is 10.6. The Kier molecular flexibility index (Phi) is 4.58. The van der Waals surface area contributed by atoms with Gasteiger partial charge in [-0.1, -0.05) is 18.2 Å². The van der Waals surface area contributed by atoms with Crippen molar-refractivity contribution in [3.63, 3.8) is 0 Å². The fourth-order valence-electron chi connectivity index (χ4n) is 3.83. The summed E-state index contributed by atoms with van der Waals surface area (Å²) in [6.07, 6.45) is 2.82. The van der Waals surface area contributed by atoms with Gasteiger partial charge < -0.3 is 19.6 Å². The summed E-state index contributed by atoms with van der Waals surface area (Å²) in [5.41, 5.74) is 4.43. The van der Waals surface area contributed by atoms with E-state index in [-0.39, 0.29) is 0 Å². The summed E-state index contributed by atoms with van der Waals surface area (Å²) < 4.78 is 7.67. The van der Waals surface area contributed by atoms with Gasteiger partial charge in [0.15, 0.2) is 0 Å². The second-order valence-corrected chi connectivity index (χ2v) is 7.56. The quantitative estimate of drug-likeness (QED) is 0.748. The highest BCUT2D eigenvalue weighted by molar-refractivity contribution is 5.86. The zero-order chi connectivity index (χ0) is 19.8. The number of nitrogens with zero attached hydrogens (tertiary/aromatic N) is 4. The van der Waals surface area contributed by atoms with Gasteiger partial charge in [-0.25, -0.2) is 4.68 Å². The molecule has 0 amide bonds. The van der Waals surface area contributed by atoms with Gasteiger partial charge in [-0.05, 0) is 43.5 Å². The highest BCUT2D eigenvalue weighted by Crippen LogP contribution is 2.36. The highest BCUT2D eigenvalue weighted by atomic mass is 16.6. The Balaban J connectivity index is 1.42. The zero-order valence-corrected chi connectivity index (χ0v) is 16.4. The third-order valence-electron chi connectivity index (χ3n) is 5.59. The monoisotopic (exact) mass is 388 g/mol. The number of likely N-dealkylation sites (N-methyl/N-ethyl adjacent to an activating group) is 1. The molecule has 2 aliphatic rings. The van der Waals surface area contributed by atoms with Crippen molar-refractivity contribution in [1.82, 2.24) is 14.7 Å². The second kappa shape index (κ2) is 7.39. The first-order valence-electron chi connectivity index (χ1n) is 9.93. The fourth-order valence-corrected chi connectivity index (χ4v) is 3.83. The first kappa shape index (κ1) is 18.0. The molecule has 1 atom stereocenters. The van der Waals surface area contributed by atoms with Crippen LogP contribution in [0.15, 0.2) is 60.8 Å². The molecule has 0 saturated carbocycles. The van der Waals surface area contributed by atoms with Crippen LogP contribution >= 0.6 is 0 Å². The van der Waals surface area contributed by atoms with Crippen molar-refractivity contribution in [1.29, 1.82) is 0 Å². The summed E-state index contributed by atoms with van der Waals surface area (Å²) in [7, 11) is 2.15. The second-order valence-electron chi connectivity index (χ2n) is 7.56. The number of hydrogen-bond donors (Lipinski definition) is 1. The summed E-state index contributed by atoms with van der Waals surface area (Å²) in [6, 6.07) is 18.0. The number of piperazine rings is 1. The van der Waals surface area contributed by atoms with Gasteiger partial charge in [-0.2, -0.15) is 5.10 Å². The van der Waals surface area contributed by atoms with E-state index in [0.717, 1.165) is 43.1 Å². The normalized spacial score (nSPS) is 19.4. The molecule has 6 heteroatoms. The molecule has 1 N–H and O–H groups in total. The predicted octanol–water partition coefficient (Wildman–Crippen LogP) is 2.88. The molecule has 3 heterocycles. The van der Waals surface area contributed by atoms with Crippen LogP contribution in [0.5, 0.6) is 5.75 Å². The average molecular weight is 388 g/mol. The molecule has 1 fully saturated rings. The minimum atomic E-state index is -1.04. The summed E-state index contributed by atoms with van der Waals surface area (Å²) in [5.74, 6) is 0.708. The highest BCUT2D eigenvalue weighted by Gasteiger charge is 2.25. The Bertz CT molecular complexity index is 1040. The smallest absolute Gasteiger partial charge is 0.226 e. The molecular formula is C23H24N4O2. The number of rotatable bonds is 3. The van der Waals surface area contributed by atoms with E-state index in [1.54, 1.807) is 4.68 Å². The lowest BCUT2D eigenvalue weighted by molar-refractivity contribution is 0.0317. The summed E-state index contributed by atoms with van der Waals surface area (Å²) in [6.45, 7) is 4.09. The molecule has 2 aliphatic heterocycles. The van der Waals surface area contributed by atoms with Crippen molar-refractivity contribution >= 4 is 17.3 Å². The first-order chi connectivity index (χ1) is 14.2. The van der Waals surface area contributed by atoms with Gasteiger partial charge in [0, 0.05) is 55.3 Å². The Morgan fingerprint density at radius 1 is 0.966 bits per heavy atom. The SMILES string of the molecule is CN1CCN(c2ccc3c(c2)OC(O)C(c2ccn(-c4ccccc4)n2)=C3)CC1. The van der Waals surface area contributed by atoms with E-state index in [9.17, 15) is 5.11 Å². The van der Waals surface area contributed by atoms with Crippen LogP contribution in [-0.4, -0.2) is 59.3 Å². The first-order valence-corrected chi connectivity index (χ1v) is 9.93. The topological polar surface area (TPSA) is 53.8 Å². The van der Waals surface area contributed by atoms with Crippen molar-refractivity contribution in [3.05, 3.63) is 72.1 Å². The number of para-hydroxylation sites is 1. The number of ether oxygens (including phenoxy) is 1. The van der Waals surface area contributed by atoms with Gasteiger partial charge in [0.2, 0.25) is 6.29 Å². The molecule has 0 bridgehead atoms. The van der Waals surface area contributed by atoms with Crippen molar-refractivity contribution in [2.45, 2.75) is 6.29 Å². The molecule has 1 saturated heterocycles.